The van der Waals surface area contributed by atoms with Gasteiger partial charge in [-0.15, -0.1) is 0 Å². The number of nitro benzene ring substituents is 1. The van der Waals surface area contributed by atoms with Crippen molar-refractivity contribution in [3.63, 3.8) is 0 Å². The van der Waals surface area contributed by atoms with E-state index in [1.54, 1.807) is 26.0 Å². The summed E-state index contributed by atoms with van der Waals surface area (Å²) in [6.07, 6.45) is 0. The van der Waals surface area contributed by atoms with E-state index in [0.717, 1.165) is 23.3 Å². The standard InChI is InChI=1S/C15H15NO7P/c1-9-4-3-5-10(2)14(9)23-13-7-6-11(16(18)19)8-12(13)15(17)24(20,21)22/h3-8,20-22H,1-2H3/q+1. The Morgan fingerprint density at radius 2 is 1.71 bits per heavy atom. The quantitative estimate of drug-likeness (QED) is 0.428. The molecule has 0 heterocycles. The van der Waals surface area contributed by atoms with Crippen molar-refractivity contribution in [3.05, 3.63) is 63.2 Å². The lowest BCUT2D eigenvalue weighted by molar-refractivity contribution is -0.384. The van der Waals surface area contributed by atoms with Crippen molar-refractivity contribution in [2.45, 2.75) is 13.8 Å². The first kappa shape index (κ1) is 18.0. The molecule has 3 N–H and O–H groups in total. The van der Waals surface area contributed by atoms with Crippen molar-refractivity contribution >= 4 is 19.2 Å². The molecule has 0 amide bonds. The molecule has 2 rings (SSSR count). The van der Waals surface area contributed by atoms with Gasteiger partial charge in [0.05, 0.1) is 4.92 Å². The number of hydrogen-bond acceptors (Lipinski definition) is 7. The van der Waals surface area contributed by atoms with Gasteiger partial charge in [-0.3, -0.25) is 10.1 Å². The van der Waals surface area contributed by atoms with Crippen molar-refractivity contribution in [2.24, 2.45) is 0 Å². The SMILES string of the molecule is Cc1cccc(C)c1Oc1ccc([N+](=O)[O-])cc1C(=O)[P+](O)(O)O. The van der Waals surface area contributed by atoms with Gasteiger partial charge < -0.3 is 4.74 Å². The number of ether oxygens (including phenoxy) is 1. The maximum atomic E-state index is 12.0. The summed E-state index contributed by atoms with van der Waals surface area (Å²) in [5, 5.41) is 10.9. The van der Waals surface area contributed by atoms with E-state index in [0.29, 0.717) is 5.75 Å². The molecule has 0 unspecified atom stereocenters. The van der Waals surface area contributed by atoms with Crippen LogP contribution in [0.2, 0.25) is 0 Å². The van der Waals surface area contributed by atoms with Crippen molar-refractivity contribution in [1.82, 2.24) is 0 Å². The fourth-order valence-electron chi connectivity index (χ4n) is 2.12. The fraction of sp³-hybridized carbons (Fsp3) is 0.133. The van der Waals surface area contributed by atoms with E-state index in [1.165, 1.54) is 6.07 Å². The summed E-state index contributed by atoms with van der Waals surface area (Å²) in [6, 6.07) is 8.49. The van der Waals surface area contributed by atoms with Gasteiger partial charge in [-0.25, -0.2) is 4.79 Å². The Morgan fingerprint density at radius 1 is 1.12 bits per heavy atom. The third kappa shape index (κ3) is 3.74. The average molecular weight is 352 g/mol. The molecule has 0 aliphatic rings. The molecule has 0 aliphatic heterocycles. The van der Waals surface area contributed by atoms with Gasteiger partial charge in [0.15, 0.2) is 0 Å². The lowest BCUT2D eigenvalue weighted by atomic mass is 10.1. The van der Waals surface area contributed by atoms with Gasteiger partial charge in [0.1, 0.15) is 17.1 Å². The Labute approximate surface area is 137 Å². The molecule has 2 aromatic carbocycles. The van der Waals surface area contributed by atoms with Crippen LogP contribution in [0.15, 0.2) is 36.4 Å². The Balaban J connectivity index is 2.57. The van der Waals surface area contributed by atoms with Crippen LogP contribution < -0.4 is 4.74 Å². The monoisotopic (exact) mass is 352 g/mol. The molecule has 9 heteroatoms. The first-order valence-electron chi connectivity index (χ1n) is 6.76. The second-order valence-electron chi connectivity index (χ2n) is 5.13. The normalized spacial score (nSPS) is 11.2. The molecule has 0 fully saturated rings. The molecule has 0 atom stereocenters. The highest BCUT2D eigenvalue weighted by atomic mass is 31.2. The minimum absolute atomic E-state index is 0.121. The minimum atomic E-state index is -4.88. The molecule has 126 valence electrons. The summed E-state index contributed by atoms with van der Waals surface area (Å²) in [5.74, 6) is 0.308. The number of carbonyl (C=O) groups excluding carboxylic acids is 1. The summed E-state index contributed by atoms with van der Waals surface area (Å²) in [4.78, 5) is 49.8. The van der Waals surface area contributed by atoms with E-state index in [1.807, 2.05) is 6.07 Å². The van der Waals surface area contributed by atoms with Crippen molar-refractivity contribution < 1.29 is 29.1 Å². The van der Waals surface area contributed by atoms with Gasteiger partial charge >= 0.3 is 13.5 Å². The second kappa shape index (κ2) is 6.62. The van der Waals surface area contributed by atoms with Gasteiger partial charge in [0, 0.05) is 12.1 Å². The van der Waals surface area contributed by atoms with E-state index >= 15 is 0 Å². The van der Waals surface area contributed by atoms with E-state index in [2.05, 4.69) is 0 Å². The number of aryl methyl sites for hydroxylation is 2. The Bertz CT molecular complexity index is 794. The average Bonchev–Trinajstić information content (AvgIpc) is 2.49. The summed E-state index contributed by atoms with van der Waals surface area (Å²) >= 11 is 0. The maximum Gasteiger partial charge on any atom is 0.484 e. The third-order valence-electron chi connectivity index (χ3n) is 3.30. The van der Waals surface area contributed by atoms with Crippen molar-refractivity contribution in [2.75, 3.05) is 0 Å². The molecule has 0 bridgehead atoms. The maximum absolute atomic E-state index is 12.0. The molecule has 0 radical (unpaired) electrons. The molecule has 0 aliphatic carbocycles. The number of nitrogens with zero attached hydrogens (tertiary/aromatic N) is 1. The fourth-order valence-corrected chi connectivity index (χ4v) is 2.62. The van der Waals surface area contributed by atoms with Crippen LogP contribution in [-0.2, 0) is 0 Å². The van der Waals surface area contributed by atoms with E-state index < -0.39 is 29.6 Å². The zero-order valence-electron chi connectivity index (χ0n) is 12.8. The lowest BCUT2D eigenvalue weighted by Gasteiger charge is -2.14. The highest BCUT2D eigenvalue weighted by molar-refractivity contribution is 7.76. The number of non-ortho nitro benzene ring substituents is 1. The van der Waals surface area contributed by atoms with Gasteiger partial charge in [-0.1, -0.05) is 18.2 Å². The van der Waals surface area contributed by atoms with Gasteiger partial charge in [0.2, 0.25) is 0 Å². The summed E-state index contributed by atoms with van der Waals surface area (Å²) in [6.45, 7) is 3.55. The van der Waals surface area contributed by atoms with Gasteiger partial charge in [-0.05, 0) is 31.0 Å². The van der Waals surface area contributed by atoms with Gasteiger partial charge in [-0.2, -0.15) is 14.7 Å². The highest BCUT2D eigenvalue weighted by Gasteiger charge is 2.45. The first-order chi connectivity index (χ1) is 11.1. The molecular weight excluding hydrogens is 337 g/mol. The molecule has 2 aromatic rings. The summed E-state index contributed by atoms with van der Waals surface area (Å²) < 4.78 is 5.66. The van der Waals surface area contributed by atoms with Crippen LogP contribution in [0.5, 0.6) is 11.5 Å². The molecule has 0 saturated heterocycles. The third-order valence-corrected chi connectivity index (χ3v) is 4.08. The number of para-hydroxylation sites is 1. The van der Waals surface area contributed by atoms with Crippen LogP contribution in [0.4, 0.5) is 5.69 Å². The molecule has 8 nitrogen and oxygen atoms in total. The van der Waals surface area contributed by atoms with Crippen LogP contribution in [0, 0.1) is 24.0 Å². The predicted molar refractivity (Wildman–Crippen MR) is 87.0 cm³/mol. The number of benzene rings is 2. The number of nitro groups is 1. The highest BCUT2D eigenvalue weighted by Crippen LogP contribution is 2.50. The van der Waals surface area contributed by atoms with Crippen molar-refractivity contribution in [3.8, 4) is 11.5 Å². The van der Waals surface area contributed by atoms with E-state index in [4.69, 9.17) is 4.74 Å². The molecule has 0 spiro atoms. The Kier molecular flexibility index (Phi) is 4.96. The first-order valence-corrected chi connectivity index (χ1v) is 8.40. The lowest BCUT2D eigenvalue weighted by Crippen LogP contribution is -2.08. The van der Waals surface area contributed by atoms with Crippen molar-refractivity contribution in [1.29, 1.82) is 0 Å². The minimum Gasteiger partial charge on any atom is -0.456 e. The summed E-state index contributed by atoms with van der Waals surface area (Å²) in [5.41, 5.74) is -0.838. The summed E-state index contributed by atoms with van der Waals surface area (Å²) in [7, 11) is -4.88. The molecule has 0 saturated carbocycles. The Hall–Kier alpha value is -2.38. The zero-order valence-corrected chi connectivity index (χ0v) is 13.7. The number of rotatable bonds is 5. The zero-order chi connectivity index (χ0) is 18.1. The van der Waals surface area contributed by atoms with Gasteiger partial charge in [0.25, 0.3) is 5.69 Å². The smallest absolute Gasteiger partial charge is 0.456 e. The Morgan fingerprint density at radius 3 is 2.21 bits per heavy atom. The number of carbonyl (C=O) groups is 1. The van der Waals surface area contributed by atoms with E-state index in [-0.39, 0.29) is 5.75 Å². The largest absolute Gasteiger partial charge is 0.484 e. The topological polar surface area (TPSA) is 130 Å². The molecular formula is C15H15NO7P+. The van der Waals surface area contributed by atoms with Crippen LogP contribution in [0.25, 0.3) is 0 Å². The second-order valence-corrected chi connectivity index (χ2v) is 6.68. The predicted octanol–water partition coefficient (Wildman–Crippen LogP) is 2.88. The van der Waals surface area contributed by atoms with Crippen LogP contribution in [-0.4, -0.2) is 25.1 Å². The number of hydrogen-bond donors (Lipinski definition) is 3. The van der Waals surface area contributed by atoms with Crippen LogP contribution in [0.1, 0.15) is 21.5 Å². The van der Waals surface area contributed by atoms with Crippen LogP contribution in [0.3, 0.4) is 0 Å². The molecule has 24 heavy (non-hydrogen) atoms. The molecule has 0 aromatic heterocycles. The van der Waals surface area contributed by atoms with E-state index in [9.17, 15) is 29.6 Å². The van der Waals surface area contributed by atoms with Crippen LogP contribution >= 0.6 is 7.94 Å².